The van der Waals surface area contributed by atoms with Gasteiger partial charge in [-0.15, -0.1) is 6.58 Å². The van der Waals surface area contributed by atoms with E-state index in [1.165, 1.54) is 35.6 Å². The number of anilines is 1. The summed E-state index contributed by atoms with van der Waals surface area (Å²) in [5, 5.41) is 3.17. The van der Waals surface area contributed by atoms with Crippen LogP contribution in [-0.4, -0.2) is 27.9 Å². The number of hydrogen-bond donors (Lipinski definition) is 1. The summed E-state index contributed by atoms with van der Waals surface area (Å²) in [7, 11) is -2.19. The van der Waals surface area contributed by atoms with Gasteiger partial charge in [-0.05, 0) is 42.0 Å². The fraction of sp³-hybridized carbons (Fsp3) is 0.167. The monoisotopic (exact) mass is 378 g/mol. The Morgan fingerprint density at radius 2 is 1.76 bits per heavy atom. The lowest BCUT2D eigenvalue weighted by atomic mass is 10.1. The third kappa shape index (κ3) is 4.84. The van der Waals surface area contributed by atoms with Crippen LogP contribution in [0.3, 0.4) is 0 Å². The smallest absolute Gasteiger partial charge is 0.264 e. The van der Waals surface area contributed by atoms with Crippen LogP contribution in [0, 0.1) is 0 Å². The summed E-state index contributed by atoms with van der Waals surface area (Å²) >= 11 is 5.80. The van der Waals surface area contributed by atoms with Crippen molar-refractivity contribution in [3.05, 3.63) is 71.8 Å². The standard InChI is InChI=1S/C18H19ClN2O3S/c1-3-12-20-18(22)13-14-4-8-16(9-5-14)21(2)25(23,24)17-10-6-15(19)7-11-17/h3-11H,1,12-13H2,2H3,(H,20,22). The number of sulfonamides is 1. The van der Waals surface area contributed by atoms with Crippen LogP contribution in [0.5, 0.6) is 0 Å². The Balaban J connectivity index is 2.14. The SMILES string of the molecule is C=CCNC(=O)Cc1ccc(N(C)S(=O)(=O)c2ccc(Cl)cc2)cc1. The van der Waals surface area contributed by atoms with Crippen LogP contribution in [0.15, 0.2) is 66.1 Å². The van der Waals surface area contributed by atoms with Crippen molar-refractivity contribution in [3.8, 4) is 0 Å². The molecule has 0 aliphatic carbocycles. The second kappa shape index (κ2) is 8.18. The largest absolute Gasteiger partial charge is 0.352 e. The van der Waals surface area contributed by atoms with E-state index in [4.69, 9.17) is 11.6 Å². The third-order valence-electron chi connectivity index (χ3n) is 3.58. The Labute approximate surface area is 153 Å². The third-order valence-corrected chi connectivity index (χ3v) is 5.63. The molecule has 2 aromatic rings. The van der Waals surface area contributed by atoms with Crippen LogP contribution < -0.4 is 9.62 Å². The molecule has 25 heavy (non-hydrogen) atoms. The summed E-state index contributed by atoms with van der Waals surface area (Å²) in [6.07, 6.45) is 1.83. The number of carbonyl (C=O) groups excluding carboxylic acids is 1. The molecule has 0 atom stereocenters. The van der Waals surface area contributed by atoms with Gasteiger partial charge >= 0.3 is 0 Å². The predicted octanol–water partition coefficient (Wildman–Crippen LogP) is 3.01. The topological polar surface area (TPSA) is 66.5 Å². The first-order chi connectivity index (χ1) is 11.8. The average molecular weight is 379 g/mol. The van der Waals surface area contributed by atoms with Crippen molar-refractivity contribution in [2.45, 2.75) is 11.3 Å². The first kappa shape index (κ1) is 19.0. The number of amides is 1. The molecule has 0 saturated heterocycles. The number of rotatable bonds is 7. The molecular weight excluding hydrogens is 360 g/mol. The van der Waals surface area contributed by atoms with Crippen molar-refractivity contribution >= 4 is 33.2 Å². The summed E-state index contributed by atoms with van der Waals surface area (Å²) in [6.45, 7) is 3.95. The van der Waals surface area contributed by atoms with Gasteiger partial charge in [0.1, 0.15) is 0 Å². The van der Waals surface area contributed by atoms with E-state index in [0.29, 0.717) is 17.3 Å². The van der Waals surface area contributed by atoms with Crippen molar-refractivity contribution in [2.75, 3.05) is 17.9 Å². The van der Waals surface area contributed by atoms with Crippen LogP contribution in [-0.2, 0) is 21.2 Å². The first-order valence-electron chi connectivity index (χ1n) is 7.55. The molecule has 0 aliphatic rings. The van der Waals surface area contributed by atoms with Crippen LogP contribution in [0.4, 0.5) is 5.69 Å². The van der Waals surface area contributed by atoms with Crippen LogP contribution in [0.1, 0.15) is 5.56 Å². The zero-order chi connectivity index (χ0) is 18.4. The zero-order valence-electron chi connectivity index (χ0n) is 13.8. The minimum atomic E-state index is -3.67. The summed E-state index contributed by atoms with van der Waals surface area (Å²) in [5.41, 5.74) is 1.30. The molecule has 0 aromatic heterocycles. The van der Waals surface area contributed by atoms with E-state index in [-0.39, 0.29) is 17.2 Å². The molecule has 2 rings (SSSR count). The van der Waals surface area contributed by atoms with E-state index in [1.807, 2.05) is 0 Å². The molecule has 0 fully saturated rings. The highest BCUT2D eigenvalue weighted by Gasteiger charge is 2.21. The summed E-state index contributed by atoms with van der Waals surface area (Å²) in [4.78, 5) is 11.8. The Bertz CT molecular complexity index is 847. The van der Waals surface area contributed by atoms with Gasteiger partial charge in [-0.1, -0.05) is 29.8 Å². The molecule has 2 aromatic carbocycles. The highest BCUT2D eigenvalue weighted by atomic mass is 35.5. The average Bonchev–Trinajstić information content (AvgIpc) is 2.60. The molecule has 132 valence electrons. The maximum Gasteiger partial charge on any atom is 0.264 e. The highest BCUT2D eigenvalue weighted by Crippen LogP contribution is 2.23. The van der Waals surface area contributed by atoms with Crippen LogP contribution >= 0.6 is 11.6 Å². The van der Waals surface area contributed by atoms with Crippen LogP contribution in [0.25, 0.3) is 0 Å². The lowest BCUT2D eigenvalue weighted by Gasteiger charge is -2.20. The normalized spacial score (nSPS) is 11.0. The lowest BCUT2D eigenvalue weighted by molar-refractivity contribution is -0.120. The van der Waals surface area contributed by atoms with Gasteiger partial charge in [0, 0.05) is 18.6 Å². The maximum absolute atomic E-state index is 12.6. The molecule has 5 nitrogen and oxygen atoms in total. The van der Waals surface area contributed by atoms with Crippen LogP contribution in [0.2, 0.25) is 5.02 Å². The van der Waals surface area contributed by atoms with Gasteiger partial charge in [-0.3, -0.25) is 9.10 Å². The van der Waals surface area contributed by atoms with Crippen molar-refractivity contribution in [1.29, 1.82) is 0 Å². The number of hydrogen-bond acceptors (Lipinski definition) is 3. The number of benzene rings is 2. The summed E-state index contributed by atoms with van der Waals surface area (Å²) in [5.74, 6) is -0.116. The van der Waals surface area contributed by atoms with Gasteiger partial charge in [0.25, 0.3) is 10.0 Å². The Kier molecular flexibility index (Phi) is 6.22. The number of carbonyl (C=O) groups is 1. The van der Waals surface area contributed by atoms with E-state index in [0.717, 1.165) is 5.56 Å². The second-order valence-corrected chi connectivity index (χ2v) is 7.77. The minimum Gasteiger partial charge on any atom is -0.352 e. The predicted molar refractivity (Wildman–Crippen MR) is 100 cm³/mol. The molecule has 7 heteroatoms. The molecule has 0 radical (unpaired) electrons. The molecule has 0 aliphatic heterocycles. The molecule has 0 heterocycles. The van der Waals surface area contributed by atoms with Gasteiger partial charge in [0.2, 0.25) is 5.91 Å². The van der Waals surface area contributed by atoms with Crippen molar-refractivity contribution in [2.24, 2.45) is 0 Å². The lowest BCUT2D eigenvalue weighted by Crippen LogP contribution is -2.26. The van der Waals surface area contributed by atoms with E-state index in [2.05, 4.69) is 11.9 Å². The van der Waals surface area contributed by atoms with Gasteiger partial charge in [-0.25, -0.2) is 8.42 Å². The molecular formula is C18H19ClN2O3S. The molecule has 0 spiro atoms. The van der Waals surface area contributed by atoms with Crippen molar-refractivity contribution in [3.63, 3.8) is 0 Å². The summed E-state index contributed by atoms with van der Waals surface area (Å²) < 4.78 is 26.5. The Hall–Kier alpha value is -2.31. The fourth-order valence-corrected chi connectivity index (χ4v) is 3.48. The van der Waals surface area contributed by atoms with Gasteiger partial charge in [0.05, 0.1) is 17.0 Å². The van der Waals surface area contributed by atoms with E-state index >= 15 is 0 Å². The number of halogens is 1. The second-order valence-electron chi connectivity index (χ2n) is 5.36. The molecule has 0 saturated carbocycles. The Morgan fingerprint density at radius 1 is 1.16 bits per heavy atom. The maximum atomic E-state index is 12.6. The zero-order valence-corrected chi connectivity index (χ0v) is 15.3. The minimum absolute atomic E-state index is 0.116. The highest BCUT2D eigenvalue weighted by molar-refractivity contribution is 7.92. The van der Waals surface area contributed by atoms with E-state index in [1.54, 1.807) is 30.3 Å². The summed E-state index contributed by atoms with van der Waals surface area (Å²) in [6, 6.07) is 12.8. The number of nitrogens with one attached hydrogen (secondary N) is 1. The Morgan fingerprint density at radius 3 is 2.32 bits per heavy atom. The van der Waals surface area contributed by atoms with Gasteiger partial charge in [-0.2, -0.15) is 0 Å². The molecule has 1 N–H and O–H groups in total. The molecule has 1 amide bonds. The number of nitrogens with zero attached hydrogens (tertiary/aromatic N) is 1. The quantitative estimate of drug-likeness (QED) is 0.753. The van der Waals surface area contributed by atoms with E-state index in [9.17, 15) is 13.2 Å². The van der Waals surface area contributed by atoms with Gasteiger partial charge in [0.15, 0.2) is 0 Å². The molecule has 0 unspecified atom stereocenters. The van der Waals surface area contributed by atoms with Crippen molar-refractivity contribution < 1.29 is 13.2 Å². The van der Waals surface area contributed by atoms with E-state index < -0.39 is 10.0 Å². The fourth-order valence-electron chi connectivity index (χ4n) is 2.16. The van der Waals surface area contributed by atoms with Gasteiger partial charge < -0.3 is 5.32 Å². The van der Waals surface area contributed by atoms with Crippen molar-refractivity contribution in [1.82, 2.24) is 5.32 Å². The molecule has 0 bridgehead atoms. The first-order valence-corrected chi connectivity index (χ1v) is 9.37.